The molecule has 2 saturated heterocycles. The molecule has 0 aliphatic carbocycles. The van der Waals surface area contributed by atoms with E-state index in [2.05, 4.69) is 28.1 Å². The minimum Gasteiger partial charge on any atom is -0.378 e. The van der Waals surface area contributed by atoms with Gasteiger partial charge in [-0.3, -0.25) is 9.69 Å². The molecule has 6 heteroatoms. The van der Waals surface area contributed by atoms with Crippen LogP contribution in [-0.2, 0) is 16.1 Å². The Morgan fingerprint density at radius 3 is 2.92 bits per heavy atom. The summed E-state index contributed by atoms with van der Waals surface area (Å²) in [6, 6.07) is 8.29. The number of nitrogens with zero attached hydrogens (tertiary/aromatic N) is 2. The minimum atomic E-state index is -1.77. The van der Waals surface area contributed by atoms with Gasteiger partial charge in [0.05, 0.1) is 13.2 Å². The van der Waals surface area contributed by atoms with Gasteiger partial charge in [0.15, 0.2) is 0 Å². The average molecular weight is 345 g/mol. The van der Waals surface area contributed by atoms with Crippen molar-refractivity contribution in [2.45, 2.75) is 25.1 Å². The topological polar surface area (TPSA) is 48.6 Å². The van der Waals surface area contributed by atoms with E-state index in [1.165, 1.54) is 0 Å². The van der Waals surface area contributed by atoms with Crippen LogP contribution in [0.1, 0.15) is 18.4 Å². The second kappa shape index (κ2) is 6.77. The van der Waals surface area contributed by atoms with Crippen molar-refractivity contribution in [3.63, 3.8) is 0 Å². The van der Waals surface area contributed by atoms with Crippen molar-refractivity contribution in [3.8, 4) is 0 Å². The largest absolute Gasteiger partial charge is 0.378 e. The average Bonchev–Trinajstić information content (AvgIpc) is 3.10. The van der Waals surface area contributed by atoms with Crippen LogP contribution in [-0.4, -0.2) is 65.8 Å². The number of nitrogens with one attached hydrogen (secondary N) is 1. The molecule has 1 unspecified atom stereocenters. The third-order valence-corrected chi connectivity index (χ3v) is 5.23. The van der Waals surface area contributed by atoms with Crippen LogP contribution in [0.5, 0.6) is 0 Å². The number of aromatic nitrogens is 1. The Labute approximate surface area is 146 Å². The molecule has 2 aromatic rings. The number of amides is 1. The molecule has 4 rings (SSSR count). The summed E-state index contributed by atoms with van der Waals surface area (Å²) in [7, 11) is 0. The van der Waals surface area contributed by atoms with Crippen LogP contribution in [0.3, 0.4) is 0 Å². The number of morpholine rings is 1. The first kappa shape index (κ1) is 16.5. The molecule has 1 atom stereocenters. The van der Waals surface area contributed by atoms with E-state index < -0.39 is 5.67 Å². The summed E-state index contributed by atoms with van der Waals surface area (Å²) in [6.45, 7) is 3.67. The number of alkyl halides is 1. The first-order valence-electron chi connectivity index (χ1n) is 8.98. The lowest BCUT2D eigenvalue weighted by atomic mass is 9.92. The highest BCUT2D eigenvalue weighted by molar-refractivity contribution is 5.85. The highest BCUT2D eigenvalue weighted by Crippen LogP contribution is 2.29. The third kappa shape index (κ3) is 3.41. The fourth-order valence-electron chi connectivity index (χ4n) is 3.91. The molecule has 1 amide bonds. The number of likely N-dealkylation sites (tertiary alicyclic amines) is 1. The van der Waals surface area contributed by atoms with E-state index in [1.54, 1.807) is 4.90 Å². The summed E-state index contributed by atoms with van der Waals surface area (Å²) in [4.78, 5) is 19.5. The van der Waals surface area contributed by atoms with Crippen LogP contribution in [0.2, 0.25) is 0 Å². The zero-order valence-electron chi connectivity index (χ0n) is 14.3. The lowest BCUT2D eigenvalue weighted by Crippen LogP contribution is -2.57. The number of ether oxygens (including phenoxy) is 1. The Bertz CT molecular complexity index is 756. The predicted molar refractivity (Wildman–Crippen MR) is 94.0 cm³/mol. The molecule has 25 heavy (non-hydrogen) atoms. The molecule has 1 N–H and O–H groups in total. The Morgan fingerprint density at radius 2 is 2.08 bits per heavy atom. The quantitative estimate of drug-likeness (QED) is 0.929. The van der Waals surface area contributed by atoms with E-state index in [0.29, 0.717) is 45.7 Å². The summed E-state index contributed by atoms with van der Waals surface area (Å²) in [5, 5.41) is 1.16. The van der Waals surface area contributed by atoms with Crippen molar-refractivity contribution in [1.29, 1.82) is 0 Å². The van der Waals surface area contributed by atoms with E-state index in [1.807, 2.05) is 12.3 Å². The Balaban J connectivity index is 1.45. The molecular formula is C19H24FN3O2. The molecule has 0 radical (unpaired) electrons. The van der Waals surface area contributed by atoms with Gasteiger partial charge in [-0.2, -0.15) is 0 Å². The fraction of sp³-hybridized carbons (Fsp3) is 0.526. The van der Waals surface area contributed by atoms with Crippen LogP contribution in [0.4, 0.5) is 4.39 Å². The number of benzene rings is 1. The van der Waals surface area contributed by atoms with Gasteiger partial charge in [0.1, 0.15) is 0 Å². The molecule has 1 aromatic carbocycles. The summed E-state index contributed by atoms with van der Waals surface area (Å²) in [5.74, 6) is -0.360. The monoisotopic (exact) mass is 345 g/mol. The Kier molecular flexibility index (Phi) is 4.48. The Morgan fingerprint density at radius 1 is 1.24 bits per heavy atom. The molecule has 2 fully saturated rings. The van der Waals surface area contributed by atoms with Gasteiger partial charge in [-0.05, 0) is 48.5 Å². The number of carbonyl (C=O) groups excluding carboxylic acids is 1. The third-order valence-electron chi connectivity index (χ3n) is 5.23. The van der Waals surface area contributed by atoms with Crippen LogP contribution in [0.25, 0.3) is 10.9 Å². The van der Waals surface area contributed by atoms with Gasteiger partial charge in [0.25, 0.3) is 5.91 Å². The van der Waals surface area contributed by atoms with Gasteiger partial charge in [0.2, 0.25) is 5.67 Å². The molecule has 3 heterocycles. The molecule has 2 aliphatic rings. The summed E-state index contributed by atoms with van der Waals surface area (Å²) < 4.78 is 20.7. The van der Waals surface area contributed by atoms with E-state index in [0.717, 1.165) is 23.0 Å². The normalized spacial score (nSPS) is 25.4. The predicted octanol–water partition coefficient (Wildman–Crippen LogP) is 2.33. The number of hydrogen-bond donors (Lipinski definition) is 1. The van der Waals surface area contributed by atoms with E-state index in [4.69, 9.17) is 4.74 Å². The highest BCUT2D eigenvalue weighted by atomic mass is 19.1. The SMILES string of the molecule is O=C(N1CCOCC1)C1(F)CCCN(Cc2ccc3[nH]ccc3c2)C1. The van der Waals surface area contributed by atoms with Crippen molar-refractivity contribution < 1.29 is 13.9 Å². The van der Waals surface area contributed by atoms with Crippen LogP contribution < -0.4 is 0 Å². The summed E-state index contributed by atoms with van der Waals surface area (Å²) >= 11 is 0. The van der Waals surface area contributed by atoms with E-state index >= 15 is 4.39 Å². The van der Waals surface area contributed by atoms with Gasteiger partial charge in [-0.15, -0.1) is 0 Å². The molecule has 134 valence electrons. The van der Waals surface area contributed by atoms with Gasteiger partial charge in [-0.25, -0.2) is 4.39 Å². The van der Waals surface area contributed by atoms with Crippen LogP contribution in [0.15, 0.2) is 30.5 Å². The number of rotatable bonds is 3. The van der Waals surface area contributed by atoms with Crippen molar-refractivity contribution >= 4 is 16.8 Å². The highest BCUT2D eigenvalue weighted by Gasteiger charge is 2.45. The lowest BCUT2D eigenvalue weighted by Gasteiger charge is -2.40. The molecule has 0 spiro atoms. The number of piperidine rings is 1. The van der Waals surface area contributed by atoms with Crippen molar-refractivity contribution in [2.75, 3.05) is 39.4 Å². The Hall–Kier alpha value is -1.92. The molecule has 2 aliphatic heterocycles. The smallest absolute Gasteiger partial charge is 0.261 e. The number of fused-ring (bicyclic) bond motifs is 1. The number of halogens is 1. The van der Waals surface area contributed by atoms with E-state index in [-0.39, 0.29) is 12.5 Å². The van der Waals surface area contributed by atoms with Crippen molar-refractivity contribution in [2.24, 2.45) is 0 Å². The summed E-state index contributed by atoms with van der Waals surface area (Å²) in [6.07, 6.45) is 2.94. The number of hydrogen-bond acceptors (Lipinski definition) is 3. The standard InChI is InChI=1S/C19H24FN3O2/c20-19(18(24)23-8-10-25-11-9-23)5-1-7-22(14-19)13-15-2-3-17-16(12-15)4-6-21-17/h2-4,6,12,21H,1,5,7-11,13-14H2. The maximum Gasteiger partial charge on any atom is 0.261 e. The lowest BCUT2D eigenvalue weighted by molar-refractivity contribution is -0.152. The number of aromatic amines is 1. The van der Waals surface area contributed by atoms with Crippen molar-refractivity contribution in [1.82, 2.24) is 14.8 Å². The molecule has 0 bridgehead atoms. The van der Waals surface area contributed by atoms with Crippen molar-refractivity contribution in [3.05, 3.63) is 36.0 Å². The van der Waals surface area contributed by atoms with Gasteiger partial charge in [0, 0.05) is 37.9 Å². The number of carbonyl (C=O) groups is 1. The van der Waals surface area contributed by atoms with E-state index in [9.17, 15) is 4.79 Å². The van der Waals surface area contributed by atoms with Gasteiger partial charge in [-0.1, -0.05) is 6.07 Å². The zero-order valence-corrected chi connectivity index (χ0v) is 14.3. The molecule has 0 saturated carbocycles. The second-order valence-electron chi connectivity index (χ2n) is 7.08. The zero-order chi connectivity index (χ0) is 17.3. The molecule has 1 aromatic heterocycles. The maximum absolute atomic E-state index is 15.4. The first-order valence-corrected chi connectivity index (χ1v) is 8.98. The molecular weight excluding hydrogens is 321 g/mol. The summed E-state index contributed by atoms with van der Waals surface area (Å²) in [5.41, 5.74) is 0.480. The molecule has 5 nitrogen and oxygen atoms in total. The number of H-pyrrole nitrogens is 1. The van der Waals surface area contributed by atoms with Crippen LogP contribution in [0, 0.1) is 0 Å². The second-order valence-corrected chi connectivity index (χ2v) is 7.08. The van der Waals surface area contributed by atoms with Crippen LogP contribution >= 0.6 is 0 Å². The fourth-order valence-corrected chi connectivity index (χ4v) is 3.91. The minimum absolute atomic E-state index is 0.175. The van der Waals surface area contributed by atoms with Gasteiger partial charge >= 0.3 is 0 Å². The van der Waals surface area contributed by atoms with Gasteiger partial charge < -0.3 is 14.6 Å². The first-order chi connectivity index (χ1) is 12.1. The maximum atomic E-state index is 15.4.